The third-order valence-electron chi connectivity index (χ3n) is 3.71. The maximum atomic E-state index is 4.27. The van der Waals surface area contributed by atoms with Crippen LogP contribution in [-0.2, 0) is 14.1 Å². The molecule has 0 fully saturated rings. The van der Waals surface area contributed by atoms with E-state index in [0.717, 1.165) is 17.2 Å². The van der Waals surface area contributed by atoms with E-state index in [0.29, 0.717) is 0 Å². The van der Waals surface area contributed by atoms with Crippen molar-refractivity contribution in [3.05, 3.63) is 34.2 Å². The first-order valence-corrected chi connectivity index (χ1v) is 6.19. The van der Waals surface area contributed by atoms with Gasteiger partial charge < -0.3 is 4.57 Å². The van der Waals surface area contributed by atoms with E-state index in [9.17, 15) is 0 Å². The third-order valence-corrected chi connectivity index (χ3v) is 3.71. The summed E-state index contributed by atoms with van der Waals surface area (Å²) in [6.07, 6.45) is 0. The molecule has 0 aliphatic rings. The van der Waals surface area contributed by atoms with Gasteiger partial charge in [-0.15, -0.1) is 0 Å². The van der Waals surface area contributed by atoms with Gasteiger partial charge in [0.15, 0.2) is 0 Å². The number of hydrogen-bond donors (Lipinski definition) is 0. The molecule has 0 saturated carbocycles. The third kappa shape index (κ3) is 2.81. The van der Waals surface area contributed by atoms with Gasteiger partial charge in [-0.2, -0.15) is 5.10 Å². The van der Waals surface area contributed by atoms with Crippen LogP contribution in [0.25, 0.3) is 0 Å². The molecule has 0 radical (unpaired) electrons. The van der Waals surface area contributed by atoms with Crippen molar-refractivity contribution >= 4 is 0 Å². The summed E-state index contributed by atoms with van der Waals surface area (Å²) in [5.74, 6) is 1.09. The molecule has 0 unspecified atom stereocenters. The van der Waals surface area contributed by atoms with Crippen LogP contribution in [0.15, 0.2) is 0 Å². The number of nitrogens with zero attached hydrogens (tertiary/aromatic N) is 4. The van der Waals surface area contributed by atoms with Crippen LogP contribution in [0.3, 0.4) is 0 Å². The first-order chi connectivity index (χ1) is 8.25. The highest BCUT2D eigenvalue weighted by Crippen LogP contribution is 2.08. The Morgan fingerprint density at radius 1 is 0.778 bits per heavy atom. The summed E-state index contributed by atoms with van der Waals surface area (Å²) in [5.41, 5.74) is 6.09. The summed E-state index contributed by atoms with van der Waals surface area (Å²) < 4.78 is 4.00. The lowest BCUT2D eigenvalue weighted by Crippen LogP contribution is -1.92. The Bertz CT molecular complexity index is 451. The SMILES string of the molecule is Cc1nc(C)n(C)c1C.Cc1nn(C)c(C)c1C. The van der Waals surface area contributed by atoms with Gasteiger partial charge in [0.25, 0.3) is 0 Å². The Balaban J connectivity index is 0.000000180. The second-order valence-corrected chi connectivity index (χ2v) is 4.81. The maximum absolute atomic E-state index is 4.27. The lowest BCUT2D eigenvalue weighted by atomic mass is 10.2. The van der Waals surface area contributed by atoms with Gasteiger partial charge in [0.2, 0.25) is 0 Å². The predicted octanol–water partition coefficient (Wildman–Crippen LogP) is 2.69. The monoisotopic (exact) mass is 248 g/mol. The zero-order chi connectivity index (χ0) is 14.0. The minimum absolute atomic E-state index is 1.09. The molecule has 18 heavy (non-hydrogen) atoms. The molecule has 0 aliphatic heterocycles. The van der Waals surface area contributed by atoms with Gasteiger partial charge in [-0.1, -0.05) is 0 Å². The van der Waals surface area contributed by atoms with E-state index < -0.39 is 0 Å². The summed E-state index contributed by atoms with van der Waals surface area (Å²) in [4.78, 5) is 4.27. The average Bonchev–Trinajstić information content (AvgIpc) is 2.66. The molecule has 0 amide bonds. The van der Waals surface area contributed by atoms with E-state index in [1.165, 1.54) is 17.0 Å². The molecule has 0 aromatic carbocycles. The Labute approximate surface area is 110 Å². The van der Waals surface area contributed by atoms with E-state index in [1.807, 2.05) is 39.5 Å². The largest absolute Gasteiger partial charge is 0.335 e. The zero-order valence-corrected chi connectivity index (χ0v) is 12.8. The van der Waals surface area contributed by atoms with Crippen LogP contribution < -0.4 is 0 Å². The van der Waals surface area contributed by atoms with Crippen LogP contribution in [0.1, 0.15) is 34.2 Å². The van der Waals surface area contributed by atoms with Crippen LogP contribution in [0.2, 0.25) is 0 Å². The Morgan fingerprint density at radius 3 is 1.44 bits per heavy atom. The van der Waals surface area contributed by atoms with Gasteiger partial charge >= 0.3 is 0 Å². The average molecular weight is 248 g/mol. The van der Waals surface area contributed by atoms with Crippen molar-refractivity contribution in [2.45, 2.75) is 41.5 Å². The normalized spacial score (nSPS) is 10.2. The first-order valence-electron chi connectivity index (χ1n) is 6.19. The molecule has 100 valence electrons. The fourth-order valence-electron chi connectivity index (χ4n) is 1.76. The van der Waals surface area contributed by atoms with Crippen molar-refractivity contribution in [3.8, 4) is 0 Å². The first kappa shape index (κ1) is 14.5. The predicted molar refractivity (Wildman–Crippen MR) is 74.8 cm³/mol. The summed E-state index contributed by atoms with van der Waals surface area (Å²) in [6.45, 7) is 12.3. The van der Waals surface area contributed by atoms with Gasteiger partial charge in [-0.05, 0) is 47.1 Å². The maximum Gasteiger partial charge on any atom is 0.105 e. The molecule has 0 N–H and O–H groups in total. The van der Waals surface area contributed by atoms with Crippen LogP contribution in [-0.4, -0.2) is 19.3 Å². The molecule has 0 bridgehead atoms. The lowest BCUT2D eigenvalue weighted by Gasteiger charge is -1.94. The minimum atomic E-state index is 1.09. The molecule has 2 rings (SSSR count). The smallest absolute Gasteiger partial charge is 0.105 e. The number of aromatic nitrogens is 4. The molecule has 2 heterocycles. The van der Waals surface area contributed by atoms with Gasteiger partial charge in [-0.3, -0.25) is 4.68 Å². The van der Waals surface area contributed by atoms with E-state index in [4.69, 9.17) is 0 Å². The molecule has 4 heteroatoms. The molecule has 2 aromatic rings. The molecule has 2 aromatic heterocycles. The summed E-state index contributed by atoms with van der Waals surface area (Å²) in [6, 6.07) is 0. The number of aryl methyl sites for hydroxylation is 4. The Morgan fingerprint density at radius 2 is 1.33 bits per heavy atom. The van der Waals surface area contributed by atoms with Crippen molar-refractivity contribution in [1.82, 2.24) is 19.3 Å². The second kappa shape index (κ2) is 5.38. The van der Waals surface area contributed by atoms with E-state index >= 15 is 0 Å². The fourth-order valence-corrected chi connectivity index (χ4v) is 1.76. The van der Waals surface area contributed by atoms with Crippen molar-refractivity contribution in [3.63, 3.8) is 0 Å². The number of rotatable bonds is 0. The van der Waals surface area contributed by atoms with Crippen LogP contribution >= 0.6 is 0 Å². The minimum Gasteiger partial charge on any atom is -0.335 e. The highest BCUT2D eigenvalue weighted by molar-refractivity contribution is 5.21. The lowest BCUT2D eigenvalue weighted by molar-refractivity contribution is 0.730. The van der Waals surface area contributed by atoms with E-state index in [1.54, 1.807) is 0 Å². The highest BCUT2D eigenvalue weighted by Gasteiger charge is 2.01. The molecule has 0 saturated heterocycles. The van der Waals surface area contributed by atoms with Gasteiger partial charge in [0.1, 0.15) is 5.82 Å². The van der Waals surface area contributed by atoms with Crippen molar-refractivity contribution < 1.29 is 0 Å². The standard InChI is InChI=1S/2C7H12N2/c1-5-6(2)9(4)7(3)8-5;1-5-6(2)8-9(4)7(5)3/h2*1-4H3. The number of imidazole rings is 1. The molecule has 4 nitrogen and oxygen atoms in total. The van der Waals surface area contributed by atoms with E-state index in [-0.39, 0.29) is 0 Å². The number of hydrogen-bond acceptors (Lipinski definition) is 2. The van der Waals surface area contributed by atoms with Crippen molar-refractivity contribution in [1.29, 1.82) is 0 Å². The van der Waals surface area contributed by atoms with Crippen molar-refractivity contribution in [2.24, 2.45) is 14.1 Å². The van der Waals surface area contributed by atoms with Gasteiger partial charge in [0.05, 0.1) is 11.4 Å². The molecule has 0 spiro atoms. The van der Waals surface area contributed by atoms with Crippen LogP contribution in [0.4, 0.5) is 0 Å². The molecular weight excluding hydrogens is 224 g/mol. The van der Waals surface area contributed by atoms with Gasteiger partial charge in [0, 0.05) is 25.5 Å². The zero-order valence-electron chi connectivity index (χ0n) is 12.8. The highest BCUT2D eigenvalue weighted by atomic mass is 15.3. The topological polar surface area (TPSA) is 35.6 Å². The molecular formula is C14H24N4. The Hall–Kier alpha value is -1.58. The van der Waals surface area contributed by atoms with Crippen LogP contribution in [0.5, 0.6) is 0 Å². The van der Waals surface area contributed by atoms with Crippen LogP contribution in [0, 0.1) is 41.5 Å². The second-order valence-electron chi connectivity index (χ2n) is 4.81. The molecule has 0 atom stereocenters. The fraction of sp³-hybridized carbons (Fsp3) is 0.571. The summed E-state index contributed by atoms with van der Waals surface area (Å²) in [7, 11) is 4.00. The van der Waals surface area contributed by atoms with E-state index in [2.05, 4.69) is 35.4 Å². The van der Waals surface area contributed by atoms with Crippen molar-refractivity contribution in [2.75, 3.05) is 0 Å². The quantitative estimate of drug-likeness (QED) is 0.718. The summed E-state index contributed by atoms with van der Waals surface area (Å²) in [5, 5.41) is 4.23. The molecule has 0 aliphatic carbocycles. The van der Waals surface area contributed by atoms with Gasteiger partial charge in [-0.25, -0.2) is 4.98 Å². The Kier molecular flexibility index (Phi) is 4.33. The summed E-state index contributed by atoms with van der Waals surface area (Å²) >= 11 is 0.